The van der Waals surface area contributed by atoms with Crippen molar-refractivity contribution in [2.75, 3.05) is 0 Å². The van der Waals surface area contributed by atoms with Gasteiger partial charge >= 0.3 is 0 Å². The Morgan fingerprint density at radius 2 is 1.58 bits per heavy atom. The Morgan fingerprint density at radius 3 is 2.33 bits per heavy atom. The number of nitrogens with zero attached hydrogens (tertiary/aromatic N) is 1. The van der Waals surface area contributed by atoms with E-state index in [9.17, 15) is 10.2 Å². The summed E-state index contributed by atoms with van der Waals surface area (Å²) in [5.74, 6) is 0. The number of allylic oxidation sites excluding steroid dienone is 1. The Bertz CT molecular complexity index is 1530. The maximum absolute atomic E-state index is 9.18. The second kappa shape index (κ2) is 10.6. The van der Waals surface area contributed by atoms with Gasteiger partial charge in [0, 0.05) is 5.39 Å². The van der Waals surface area contributed by atoms with E-state index in [0.717, 1.165) is 34.0 Å². The van der Waals surface area contributed by atoms with E-state index < -0.39 is 6.29 Å². The molecule has 3 N–H and O–H groups in total. The van der Waals surface area contributed by atoms with Crippen LogP contribution >= 0.6 is 0 Å². The third kappa shape index (κ3) is 4.91. The summed E-state index contributed by atoms with van der Waals surface area (Å²) in [6.07, 6.45) is 4.30. The Balaban J connectivity index is 1.74. The Labute approximate surface area is 210 Å². The number of aromatic amines is 1. The van der Waals surface area contributed by atoms with E-state index in [1.54, 1.807) is 6.08 Å². The molecule has 0 atom stereocenters. The number of hydrogen-bond donors (Lipinski definition) is 3. The van der Waals surface area contributed by atoms with Crippen molar-refractivity contribution in [3.8, 4) is 11.1 Å². The summed E-state index contributed by atoms with van der Waals surface area (Å²) in [5.41, 5.74) is 10.1. The molecule has 4 nitrogen and oxygen atoms in total. The van der Waals surface area contributed by atoms with Crippen molar-refractivity contribution in [1.29, 1.82) is 0 Å². The first-order valence-corrected chi connectivity index (χ1v) is 12.1. The third-order valence-electron chi connectivity index (χ3n) is 6.38. The summed E-state index contributed by atoms with van der Waals surface area (Å²) in [7, 11) is 0. The highest BCUT2D eigenvalue weighted by molar-refractivity contribution is 6.02. The summed E-state index contributed by atoms with van der Waals surface area (Å²) in [6, 6.07) is 33.7. The number of aliphatic hydroxyl groups is 2. The summed E-state index contributed by atoms with van der Waals surface area (Å²) < 4.78 is 0. The van der Waals surface area contributed by atoms with Crippen LogP contribution in [0.25, 0.3) is 39.3 Å². The van der Waals surface area contributed by atoms with Gasteiger partial charge in [-0.3, -0.25) is 5.10 Å². The van der Waals surface area contributed by atoms with Crippen LogP contribution in [0.15, 0.2) is 109 Å². The molecule has 4 heteroatoms. The van der Waals surface area contributed by atoms with E-state index >= 15 is 0 Å². The summed E-state index contributed by atoms with van der Waals surface area (Å²) in [5, 5.41) is 26.7. The fourth-order valence-corrected chi connectivity index (χ4v) is 4.69. The van der Waals surface area contributed by atoms with Gasteiger partial charge < -0.3 is 10.2 Å². The van der Waals surface area contributed by atoms with Crippen LogP contribution in [-0.4, -0.2) is 26.7 Å². The van der Waals surface area contributed by atoms with Crippen molar-refractivity contribution in [3.63, 3.8) is 0 Å². The van der Waals surface area contributed by atoms with Gasteiger partial charge in [0.1, 0.15) is 0 Å². The molecule has 0 fully saturated rings. The van der Waals surface area contributed by atoms with Crippen LogP contribution in [-0.2, 0) is 0 Å². The number of fused-ring (bicyclic) bond motifs is 1. The van der Waals surface area contributed by atoms with E-state index in [2.05, 4.69) is 96.0 Å². The van der Waals surface area contributed by atoms with Crippen LogP contribution in [0.2, 0.25) is 0 Å². The quantitative estimate of drug-likeness (QED) is 0.178. The number of rotatable bonds is 7. The molecule has 0 aliphatic heterocycles. The first kappa shape index (κ1) is 23.5. The molecule has 0 aliphatic rings. The first-order chi connectivity index (χ1) is 17.6. The number of hydrogen-bond acceptors (Lipinski definition) is 3. The molecule has 5 rings (SSSR count). The zero-order valence-corrected chi connectivity index (χ0v) is 20.1. The minimum absolute atomic E-state index is 0.848. The largest absolute Gasteiger partial charge is 0.365 e. The predicted molar refractivity (Wildman–Crippen MR) is 148 cm³/mol. The molecule has 0 unspecified atom stereocenters. The van der Waals surface area contributed by atoms with E-state index in [-0.39, 0.29) is 0 Å². The van der Waals surface area contributed by atoms with Gasteiger partial charge in [-0.15, -0.1) is 0 Å². The molecule has 0 saturated heterocycles. The monoisotopic (exact) mass is 472 g/mol. The first-order valence-electron chi connectivity index (χ1n) is 12.1. The number of H-pyrrole nitrogens is 1. The molecular formula is C32H28N2O2. The maximum atomic E-state index is 9.18. The van der Waals surface area contributed by atoms with Crippen LogP contribution in [0.4, 0.5) is 0 Å². The number of aliphatic hydroxyl groups excluding tert-OH is 1. The molecule has 0 saturated carbocycles. The molecule has 0 aliphatic carbocycles. The predicted octanol–water partition coefficient (Wildman–Crippen LogP) is 6.92. The number of nitrogens with one attached hydrogen (secondary N) is 1. The SMILES string of the molecule is CC/C(=C(/c1ccc(/C=C/C(O)O)cc1)c1ccc2[nH]ncc2c1)c1ccccc1-c1ccccc1. The highest BCUT2D eigenvalue weighted by atomic mass is 16.5. The topological polar surface area (TPSA) is 69.1 Å². The summed E-state index contributed by atoms with van der Waals surface area (Å²) >= 11 is 0. The van der Waals surface area contributed by atoms with E-state index in [4.69, 9.17) is 0 Å². The third-order valence-corrected chi connectivity index (χ3v) is 6.38. The lowest BCUT2D eigenvalue weighted by Gasteiger charge is -2.19. The van der Waals surface area contributed by atoms with Gasteiger partial charge in [-0.1, -0.05) is 97.9 Å². The average Bonchev–Trinajstić information content (AvgIpc) is 3.39. The Morgan fingerprint density at radius 1 is 0.861 bits per heavy atom. The molecule has 5 aromatic rings. The van der Waals surface area contributed by atoms with Crippen LogP contribution in [0.1, 0.15) is 35.6 Å². The van der Waals surface area contributed by atoms with Crippen LogP contribution in [0.3, 0.4) is 0 Å². The van der Waals surface area contributed by atoms with Crippen LogP contribution < -0.4 is 0 Å². The van der Waals surface area contributed by atoms with Crippen LogP contribution in [0.5, 0.6) is 0 Å². The summed E-state index contributed by atoms with van der Waals surface area (Å²) in [6.45, 7) is 2.20. The van der Waals surface area contributed by atoms with Gasteiger partial charge in [-0.2, -0.15) is 5.10 Å². The Hall–Kier alpha value is -4.25. The van der Waals surface area contributed by atoms with Gasteiger partial charge in [-0.25, -0.2) is 0 Å². The van der Waals surface area contributed by atoms with Crippen molar-refractivity contribution in [2.45, 2.75) is 19.6 Å². The highest BCUT2D eigenvalue weighted by Crippen LogP contribution is 2.39. The van der Waals surface area contributed by atoms with Crippen molar-refractivity contribution >= 4 is 28.1 Å². The summed E-state index contributed by atoms with van der Waals surface area (Å²) in [4.78, 5) is 0. The van der Waals surface area contributed by atoms with Crippen LogP contribution in [0, 0.1) is 0 Å². The molecule has 0 bridgehead atoms. The molecule has 0 spiro atoms. The van der Waals surface area contributed by atoms with Gasteiger partial charge in [-0.05, 0) is 69.2 Å². The fraction of sp³-hybridized carbons (Fsp3) is 0.0938. The zero-order chi connectivity index (χ0) is 24.9. The molecule has 1 aromatic heterocycles. The van der Waals surface area contributed by atoms with Crippen molar-refractivity contribution < 1.29 is 10.2 Å². The maximum Gasteiger partial charge on any atom is 0.171 e. The molecule has 0 radical (unpaired) electrons. The second-order valence-corrected chi connectivity index (χ2v) is 8.69. The Kier molecular flexibility index (Phi) is 6.89. The number of aromatic nitrogens is 2. The van der Waals surface area contributed by atoms with Gasteiger partial charge in [0.25, 0.3) is 0 Å². The normalized spacial score (nSPS) is 12.4. The van der Waals surface area contributed by atoms with E-state index in [1.165, 1.54) is 33.9 Å². The smallest absolute Gasteiger partial charge is 0.171 e. The number of benzene rings is 4. The molecular weight excluding hydrogens is 444 g/mol. The highest BCUT2D eigenvalue weighted by Gasteiger charge is 2.17. The molecule has 4 aromatic carbocycles. The molecule has 1 heterocycles. The second-order valence-electron chi connectivity index (χ2n) is 8.69. The van der Waals surface area contributed by atoms with Crippen molar-refractivity contribution in [2.24, 2.45) is 0 Å². The lowest BCUT2D eigenvalue weighted by molar-refractivity contribution is 0.00303. The minimum Gasteiger partial charge on any atom is -0.365 e. The standard InChI is InChI=1S/C32H28N2O2/c1-2-27(29-11-7-6-10-28(29)23-8-4-3-5-9-23)32(25-17-18-30-26(20-25)21-33-34-30)24-15-12-22(13-16-24)14-19-31(35)36/h3-21,31,35-36H,2H2,1H3,(H,33,34)/b19-14+,32-27+. The van der Waals surface area contributed by atoms with E-state index in [0.29, 0.717) is 0 Å². The lowest BCUT2D eigenvalue weighted by Crippen LogP contribution is -1.98. The van der Waals surface area contributed by atoms with Gasteiger partial charge in [0.15, 0.2) is 6.29 Å². The zero-order valence-electron chi connectivity index (χ0n) is 20.1. The molecule has 36 heavy (non-hydrogen) atoms. The lowest BCUT2D eigenvalue weighted by atomic mass is 9.84. The minimum atomic E-state index is -1.47. The van der Waals surface area contributed by atoms with Gasteiger partial charge in [0.05, 0.1) is 11.7 Å². The van der Waals surface area contributed by atoms with E-state index in [1.807, 2.05) is 24.4 Å². The fourth-order valence-electron chi connectivity index (χ4n) is 4.69. The van der Waals surface area contributed by atoms with Crippen molar-refractivity contribution in [1.82, 2.24) is 10.2 Å². The molecule has 0 amide bonds. The van der Waals surface area contributed by atoms with Gasteiger partial charge in [0.2, 0.25) is 0 Å². The average molecular weight is 473 g/mol. The molecule has 178 valence electrons. The van der Waals surface area contributed by atoms with Crippen molar-refractivity contribution in [3.05, 3.63) is 132 Å².